The first-order valence-corrected chi connectivity index (χ1v) is 17.7. The van der Waals surface area contributed by atoms with Gasteiger partial charge < -0.3 is 41.7 Å². The predicted octanol–water partition coefficient (Wildman–Crippen LogP) is 5.85. The standard InChI is InChI=1S/C40H44N12O4/c1-25-5-13-31(14-6-25)41-35-45-37(49-39(47-35)51(21-53)22-54)43-33-17-11-29(27(3)19-33)9-10-30-12-18-34(20-28(30)4)44-38-46-36(42-32-15-7-26(2)8-16-32)48-40(50-38)52(23-55)24-56/h5-20,53-56H,21-24H2,1-4H3,(H2,41,43,45,47,49)(H2,42,44,46,48,50). The highest BCUT2D eigenvalue weighted by Gasteiger charge is 2.15. The summed E-state index contributed by atoms with van der Waals surface area (Å²) in [6.07, 6.45) is 4.08. The molecule has 0 saturated carbocycles. The molecule has 0 aliphatic rings. The topological polar surface area (TPSA) is 213 Å². The Morgan fingerprint density at radius 3 is 1.04 bits per heavy atom. The van der Waals surface area contributed by atoms with Crippen LogP contribution in [0, 0.1) is 27.7 Å². The summed E-state index contributed by atoms with van der Waals surface area (Å²) in [4.78, 5) is 29.0. The molecule has 0 spiro atoms. The van der Waals surface area contributed by atoms with Gasteiger partial charge in [-0.1, -0.05) is 59.7 Å². The highest BCUT2D eigenvalue weighted by atomic mass is 16.3. The number of nitrogens with zero attached hydrogens (tertiary/aromatic N) is 8. The molecule has 0 bridgehead atoms. The van der Waals surface area contributed by atoms with Crippen molar-refractivity contribution in [2.24, 2.45) is 0 Å². The van der Waals surface area contributed by atoms with Crippen LogP contribution >= 0.6 is 0 Å². The van der Waals surface area contributed by atoms with Crippen LogP contribution in [-0.4, -0.2) is 77.3 Å². The van der Waals surface area contributed by atoms with E-state index in [0.29, 0.717) is 0 Å². The van der Waals surface area contributed by atoms with E-state index < -0.39 is 26.9 Å². The van der Waals surface area contributed by atoms with Gasteiger partial charge in [0.05, 0.1) is 0 Å². The van der Waals surface area contributed by atoms with Gasteiger partial charge in [-0.25, -0.2) is 0 Å². The summed E-state index contributed by atoms with van der Waals surface area (Å²) < 4.78 is 0. The maximum absolute atomic E-state index is 9.75. The lowest BCUT2D eigenvalue weighted by Crippen LogP contribution is -2.27. The summed E-state index contributed by atoms with van der Waals surface area (Å²) in [6.45, 7) is 6.09. The first-order valence-electron chi connectivity index (χ1n) is 17.7. The van der Waals surface area contributed by atoms with Gasteiger partial charge in [0.2, 0.25) is 35.7 Å². The molecule has 6 rings (SSSR count). The van der Waals surface area contributed by atoms with E-state index in [9.17, 15) is 20.4 Å². The molecule has 0 saturated heterocycles. The second kappa shape index (κ2) is 18.1. The van der Waals surface area contributed by atoms with Crippen LogP contribution in [0.2, 0.25) is 0 Å². The van der Waals surface area contributed by atoms with Crippen LogP contribution in [0.3, 0.4) is 0 Å². The van der Waals surface area contributed by atoms with Crippen LogP contribution in [0.15, 0.2) is 84.9 Å². The van der Waals surface area contributed by atoms with E-state index >= 15 is 0 Å². The number of anilines is 10. The molecule has 288 valence electrons. The largest absolute Gasteiger partial charge is 0.376 e. The van der Waals surface area contributed by atoms with E-state index in [-0.39, 0.29) is 35.7 Å². The van der Waals surface area contributed by atoms with Crippen molar-refractivity contribution in [1.82, 2.24) is 29.9 Å². The average Bonchev–Trinajstić information content (AvgIpc) is 3.18. The number of nitrogens with one attached hydrogen (secondary N) is 4. The van der Waals surface area contributed by atoms with Gasteiger partial charge in [0.15, 0.2) is 0 Å². The Bertz CT molecular complexity index is 2120. The molecule has 16 nitrogen and oxygen atoms in total. The Labute approximate surface area is 324 Å². The summed E-state index contributed by atoms with van der Waals surface area (Å²) >= 11 is 0. The predicted molar refractivity (Wildman–Crippen MR) is 220 cm³/mol. The minimum Gasteiger partial charge on any atom is -0.376 e. The summed E-state index contributed by atoms with van der Waals surface area (Å²) in [6, 6.07) is 27.3. The number of hydrogen-bond acceptors (Lipinski definition) is 16. The van der Waals surface area contributed by atoms with Gasteiger partial charge in [0.1, 0.15) is 26.9 Å². The van der Waals surface area contributed by atoms with Crippen molar-refractivity contribution in [3.8, 4) is 0 Å². The normalized spacial score (nSPS) is 11.1. The van der Waals surface area contributed by atoms with Crippen LogP contribution < -0.4 is 31.1 Å². The fraction of sp³-hybridized carbons (Fsp3) is 0.200. The molecular formula is C40H44N12O4. The maximum Gasteiger partial charge on any atom is 0.235 e. The zero-order valence-corrected chi connectivity index (χ0v) is 31.4. The van der Waals surface area contributed by atoms with Crippen LogP contribution in [-0.2, 0) is 0 Å². The van der Waals surface area contributed by atoms with E-state index in [1.54, 1.807) is 0 Å². The van der Waals surface area contributed by atoms with Gasteiger partial charge >= 0.3 is 0 Å². The van der Waals surface area contributed by atoms with Crippen LogP contribution in [0.4, 0.5) is 58.4 Å². The molecule has 0 radical (unpaired) electrons. The summed E-state index contributed by atoms with van der Waals surface area (Å²) in [5, 5.41) is 51.8. The third kappa shape index (κ3) is 10.1. The van der Waals surface area contributed by atoms with E-state index in [4.69, 9.17) is 0 Å². The van der Waals surface area contributed by atoms with E-state index in [0.717, 1.165) is 56.1 Å². The Hall–Kier alpha value is -6.72. The zero-order chi connectivity index (χ0) is 39.6. The fourth-order valence-corrected chi connectivity index (χ4v) is 5.43. The number of benzene rings is 4. The number of hydrogen-bond donors (Lipinski definition) is 8. The number of aliphatic hydroxyl groups excluding tert-OH is 4. The van der Waals surface area contributed by atoms with E-state index in [1.165, 1.54) is 9.80 Å². The average molecular weight is 757 g/mol. The molecule has 56 heavy (non-hydrogen) atoms. The van der Waals surface area contributed by atoms with Crippen molar-refractivity contribution in [3.05, 3.63) is 118 Å². The first kappa shape index (κ1) is 39.0. The van der Waals surface area contributed by atoms with Gasteiger partial charge in [-0.2, -0.15) is 29.9 Å². The number of aromatic nitrogens is 6. The van der Waals surface area contributed by atoms with Crippen LogP contribution in [0.5, 0.6) is 0 Å². The molecule has 0 atom stereocenters. The maximum atomic E-state index is 9.75. The second-order valence-corrected chi connectivity index (χ2v) is 12.9. The Balaban J connectivity index is 1.16. The molecule has 8 N–H and O–H groups in total. The van der Waals surface area contributed by atoms with Crippen molar-refractivity contribution in [3.63, 3.8) is 0 Å². The molecule has 0 aliphatic carbocycles. The van der Waals surface area contributed by atoms with Crippen molar-refractivity contribution >= 4 is 70.6 Å². The number of aryl methyl sites for hydroxylation is 4. The molecule has 0 fully saturated rings. The highest BCUT2D eigenvalue weighted by molar-refractivity contribution is 5.75. The lowest BCUT2D eigenvalue weighted by molar-refractivity contribution is 0.220. The number of aliphatic hydroxyl groups is 4. The Kier molecular flexibility index (Phi) is 12.6. The molecule has 0 amide bonds. The first-order chi connectivity index (χ1) is 27.1. The summed E-state index contributed by atoms with van der Waals surface area (Å²) in [5.74, 6) is 1.15. The van der Waals surface area contributed by atoms with Crippen molar-refractivity contribution < 1.29 is 20.4 Å². The molecule has 0 aliphatic heterocycles. The zero-order valence-electron chi connectivity index (χ0n) is 31.4. The number of rotatable bonds is 16. The monoisotopic (exact) mass is 756 g/mol. The fourth-order valence-electron chi connectivity index (χ4n) is 5.43. The van der Waals surface area contributed by atoms with Crippen LogP contribution in [0.25, 0.3) is 12.2 Å². The lowest BCUT2D eigenvalue weighted by Gasteiger charge is -2.18. The lowest BCUT2D eigenvalue weighted by atomic mass is 10.0. The van der Waals surface area contributed by atoms with Gasteiger partial charge in [-0.15, -0.1) is 0 Å². The van der Waals surface area contributed by atoms with E-state index in [2.05, 4.69) is 51.2 Å². The molecule has 6 aromatic rings. The molecule has 16 heteroatoms. The third-order valence-electron chi connectivity index (χ3n) is 8.61. The molecular weight excluding hydrogens is 713 g/mol. The third-order valence-corrected chi connectivity index (χ3v) is 8.61. The molecule has 2 aromatic heterocycles. The molecule has 4 aromatic carbocycles. The van der Waals surface area contributed by atoms with Gasteiger partial charge in [-0.05, 0) is 98.5 Å². The SMILES string of the molecule is Cc1ccc(Nc2nc(Nc3ccc(C=Cc4ccc(Nc5nc(Nc6ccc(C)cc6)nc(N(CO)CO)n5)cc4C)c(C)c3)nc(N(CO)CO)n2)cc1. The summed E-state index contributed by atoms with van der Waals surface area (Å²) in [5.41, 5.74) is 9.27. The quantitative estimate of drug-likeness (QED) is 0.0430. The molecule has 0 unspecified atom stereocenters. The van der Waals surface area contributed by atoms with E-state index in [1.807, 2.05) is 125 Å². The smallest absolute Gasteiger partial charge is 0.235 e. The minimum atomic E-state index is -0.480. The summed E-state index contributed by atoms with van der Waals surface area (Å²) in [7, 11) is 0. The van der Waals surface area contributed by atoms with Crippen molar-refractivity contribution in [1.29, 1.82) is 0 Å². The van der Waals surface area contributed by atoms with Crippen molar-refractivity contribution in [2.45, 2.75) is 27.7 Å². The Morgan fingerprint density at radius 1 is 0.429 bits per heavy atom. The molecule has 2 heterocycles. The minimum absolute atomic E-state index is 0.0999. The van der Waals surface area contributed by atoms with Gasteiger partial charge in [-0.3, -0.25) is 9.80 Å². The van der Waals surface area contributed by atoms with Gasteiger partial charge in [0, 0.05) is 22.7 Å². The Morgan fingerprint density at radius 2 is 0.732 bits per heavy atom. The van der Waals surface area contributed by atoms with Crippen LogP contribution in [0.1, 0.15) is 33.4 Å². The second-order valence-electron chi connectivity index (χ2n) is 12.9. The van der Waals surface area contributed by atoms with Gasteiger partial charge in [0.25, 0.3) is 0 Å². The highest BCUT2D eigenvalue weighted by Crippen LogP contribution is 2.26. The van der Waals surface area contributed by atoms with Crippen molar-refractivity contribution in [2.75, 3.05) is 58.0 Å².